The highest BCUT2D eigenvalue weighted by Gasteiger charge is 2.07. The van der Waals surface area contributed by atoms with Crippen molar-refractivity contribution < 1.29 is 0 Å². The molecule has 24 heavy (non-hydrogen) atoms. The van der Waals surface area contributed by atoms with Gasteiger partial charge in [-0.15, -0.1) is 0 Å². The Kier molecular flexibility index (Phi) is 5.56. The van der Waals surface area contributed by atoms with Gasteiger partial charge in [0.15, 0.2) is 0 Å². The largest absolute Gasteiger partial charge is 0.333 e. The van der Waals surface area contributed by atoms with Crippen LogP contribution >= 0.6 is 23.2 Å². The average Bonchev–Trinajstić information content (AvgIpc) is 3.06. The van der Waals surface area contributed by atoms with Crippen molar-refractivity contribution in [2.45, 2.75) is 26.1 Å². The van der Waals surface area contributed by atoms with Crippen LogP contribution in [0.25, 0.3) is 0 Å². The van der Waals surface area contributed by atoms with Crippen LogP contribution in [0.5, 0.6) is 0 Å². The van der Waals surface area contributed by atoms with E-state index in [9.17, 15) is 0 Å². The van der Waals surface area contributed by atoms with Gasteiger partial charge in [0.25, 0.3) is 0 Å². The molecule has 3 nitrogen and oxygen atoms in total. The van der Waals surface area contributed by atoms with E-state index >= 15 is 0 Å². The van der Waals surface area contributed by atoms with Gasteiger partial charge in [0, 0.05) is 41.6 Å². The van der Waals surface area contributed by atoms with E-state index in [2.05, 4.69) is 46.1 Å². The summed E-state index contributed by atoms with van der Waals surface area (Å²) in [6.45, 7) is 3.73. The number of imidazole rings is 1. The van der Waals surface area contributed by atoms with Gasteiger partial charge in [-0.25, -0.2) is 4.98 Å². The number of nitrogens with zero attached hydrogens (tertiary/aromatic N) is 2. The van der Waals surface area contributed by atoms with Crippen LogP contribution in [0.1, 0.15) is 29.7 Å². The van der Waals surface area contributed by atoms with Gasteiger partial charge in [0.2, 0.25) is 0 Å². The molecule has 0 amide bonds. The van der Waals surface area contributed by atoms with Crippen LogP contribution in [0.15, 0.2) is 61.2 Å². The van der Waals surface area contributed by atoms with Crippen molar-refractivity contribution in [1.29, 1.82) is 0 Å². The third-order valence-electron chi connectivity index (χ3n) is 3.94. The summed E-state index contributed by atoms with van der Waals surface area (Å²) in [4.78, 5) is 4.06. The molecule has 0 radical (unpaired) electrons. The summed E-state index contributed by atoms with van der Waals surface area (Å²) in [7, 11) is 0. The highest BCUT2D eigenvalue weighted by molar-refractivity contribution is 6.34. The molecule has 5 heteroatoms. The topological polar surface area (TPSA) is 29.9 Å². The van der Waals surface area contributed by atoms with Crippen LogP contribution in [0.4, 0.5) is 0 Å². The van der Waals surface area contributed by atoms with Crippen molar-refractivity contribution in [3.63, 3.8) is 0 Å². The summed E-state index contributed by atoms with van der Waals surface area (Å²) < 4.78 is 2.05. The maximum atomic E-state index is 6.07. The Morgan fingerprint density at radius 2 is 1.71 bits per heavy atom. The molecule has 0 aliphatic heterocycles. The lowest BCUT2D eigenvalue weighted by Gasteiger charge is -2.15. The molecular formula is C19H19Cl2N3. The second kappa shape index (κ2) is 7.84. The first-order chi connectivity index (χ1) is 11.6. The van der Waals surface area contributed by atoms with E-state index in [4.69, 9.17) is 23.2 Å². The Hall–Kier alpha value is -1.81. The van der Waals surface area contributed by atoms with Gasteiger partial charge in [-0.2, -0.15) is 0 Å². The van der Waals surface area contributed by atoms with Crippen LogP contribution in [0.3, 0.4) is 0 Å². The first-order valence-corrected chi connectivity index (χ1v) is 8.59. The molecule has 3 aromatic rings. The highest BCUT2D eigenvalue weighted by atomic mass is 35.5. The molecule has 2 aromatic carbocycles. The summed E-state index contributed by atoms with van der Waals surface area (Å²) in [6.07, 6.45) is 5.59. The first-order valence-electron chi connectivity index (χ1n) is 7.83. The normalized spacial score (nSPS) is 12.3. The fourth-order valence-electron chi connectivity index (χ4n) is 2.57. The number of hydrogen-bond donors (Lipinski definition) is 1. The number of rotatable bonds is 6. The van der Waals surface area contributed by atoms with E-state index < -0.39 is 0 Å². The molecular weight excluding hydrogens is 341 g/mol. The van der Waals surface area contributed by atoms with Gasteiger partial charge >= 0.3 is 0 Å². The zero-order valence-electron chi connectivity index (χ0n) is 13.4. The standard InChI is InChI=1S/C19H19Cl2N3/c1-14(17-8-18(20)10-19(21)9-17)23-11-15-2-4-16(5-3-15)12-24-7-6-22-13-24/h2-10,13-14,23H,11-12H2,1H3/t14-/m1/s1. The molecule has 0 unspecified atom stereocenters. The molecule has 1 aromatic heterocycles. The summed E-state index contributed by atoms with van der Waals surface area (Å²) in [5.41, 5.74) is 3.58. The van der Waals surface area contributed by atoms with Gasteiger partial charge in [0.05, 0.1) is 6.33 Å². The molecule has 0 saturated carbocycles. The van der Waals surface area contributed by atoms with Crippen LogP contribution in [0.2, 0.25) is 10.0 Å². The quantitative estimate of drug-likeness (QED) is 0.664. The summed E-state index contributed by atoms with van der Waals surface area (Å²) in [5.74, 6) is 0. The third kappa shape index (κ3) is 4.60. The van der Waals surface area contributed by atoms with Gasteiger partial charge in [-0.3, -0.25) is 0 Å². The van der Waals surface area contributed by atoms with E-state index in [0.29, 0.717) is 10.0 Å². The van der Waals surface area contributed by atoms with E-state index in [0.717, 1.165) is 18.7 Å². The van der Waals surface area contributed by atoms with Gasteiger partial charge in [-0.1, -0.05) is 47.5 Å². The Bertz CT molecular complexity index is 763. The molecule has 0 aliphatic rings. The second-order valence-electron chi connectivity index (χ2n) is 5.86. The zero-order chi connectivity index (χ0) is 16.9. The molecule has 0 fully saturated rings. The van der Waals surface area contributed by atoms with E-state index in [-0.39, 0.29) is 6.04 Å². The maximum Gasteiger partial charge on any atom is 0.0949 e. The lowest BCUT2D eigenvalue weighted by molar-refractivity contribution is 0.574. The fraction of sp³-hybridized carbons (Fsp3) is 0.211. The van der Waals surface area contributed by atoms with Crippen LogP contribution in [-0.4, -0.2) is 9.55 Å². The molecule has 3 rings (SSSR count). The minimum absolute atomic E-state index is 0.173. The maximum absolute atomic E-state index is 6.07. The molecule has 0 saturated heterocycles. The van der Waals surface area contributed by atoms with E-state index in [1.165, 1.54) is 11.1 Å². The van der Waals surface area contributed by atoms with Gasteiger partial charge in [-0.05, 0) is 41.8 Å². The van der Waals surface area contributed by atoms with Crippen LogP contribution < -0.4 is 5.32 Å². The Balaban J connectivity index is 1.58. The smallest absolute Gasteiger partial charge is 0.0949 e. The molecule has 1 atom stereocenters. The number of nitrogens with one attached hydrogen (secondary N) is 1. The molecule has 124 valence electrons. The van der Waals surface area contributed by atoms with E-state index in [1.54, 1.807) is 12.3 Å². The van der Waals surface area contributed by atoms with E-state index in [1.807, 2.05) is 24.7 Å². The van der Waals surface area contributed by atoms with Crippen molar-refractivity contribution in [3.8, 4) is 0 Å². The predicted molar refractivity (Wildman–Crippen MR) is 99.5 cm³/mol. The van der Waals surface area contributed by atoms with Crippen molar-refractivity contribution in [2.75, 3.05) is 0 Å². The minimum Gasteiger partial charge on any atom is -0.333 e. The van der Waals surface area contributed by atoms with Gasteiger partial charge < -0.3 is 9.88 Å². The molecule has 0 aliphatic carbocycles. The Labute approximate surface area is 152 Å². The summed E-state index contributed by atoms with van der Waals surface area (Å²) >= 11 is 12.1. The summed E-state index contributed by atoms with van der Waals surface area (Å²) in [5, 5.41) is 4.83. The number of hydrogen-bond acceptors (Lipinski definition) is 2. The van der Waals surface area contributed by atoms with Crippen molar-refractivity contribution in [1.82, 2.24) is 14.9 Å². The Morgan fingerprint density at radius 1 is 1.04 bits per heavy atom. The minimum atomic E-state index is 0.173. The first kappa shape index (κ1) is 17.0. The fourth-order valence-corrected chi connectivity index (χ4v) is 3.11. The number of benzene rings is 2. The van der Waals surface area contributed by atoms with Crippen LogP contribution in [0, 0.1) is 0 Å². The molecule has 0 spiro atoms. The third-order valence-corrected chi connectivity index (χ3v) is 4.38. The SMILES string of the molecule is C[C@@H](NCc1ccc(Cn2ccnc2)cc1)c1cc(Cl)cc(Cl)c1. The Morgan fingerprint density at radius 3 is 2.33 bits per heavy atom. The highest BCUT2D eigenvalue weighted by Crippen LogP contribution is 2.23. The predicted octanol–water partition coefficient (Wildman–Crippen LogP) is 5.09. The molecule has 1 N–H and O–H groups in total. The van der Waals surface area contributed by atoms with Crippen molar-refractivity contribution >= 4 is 23.2 Å². The van der Waals surface area contributed by atoms with Crippen molar-refractivity contribution in [2.24, 2.45) is 0 Å². The molecule has 1 heterocycles. The number of aromatic nitrogens is 2. The molecule has 0 bridgehead atoms. The lowest BCUT2D eigenvalue weighted by atomic mass is 10.1. The average molecular weight is 360 g/mol. The second-order valence-corrected chi connectivity index (χ2v) is 6.73. The monoisotopic (exact) mass is 359 g/mol. The number of halogens is 2. The zero-order valence-corrected chi connectivity index (χ0v) is 14.9. The van der Waals surface area contributed by atoms with Crippen LogP contribution in [-0.2, 0) is 13.1 Å². The van der Waals surface area contributed by atoms with Gasteiger partial charge in [0.1, 0.15) is 0 Å². The lowest BCUT2D eigenvalue weighted by Crippen LogP contribution is -2.18. The summed E-state index contributed by atoms with van der Waals surface area (Å²) in [6, 6.07) is 14.4. The van der Waals surface area contributed by atoms with Crippen molar-refractivity contribution in [3.05, 3.63) is 87.9 Å².